The van der Waals surface area contributed by atoms with Crippen LogP contribution in [0.15, 0.2) is 24.3 Å². The highest BCUT2D eigenvalue weighted by Gasteiger charge is 2.27. The molecule has 0 saturated heterocycles. The minimum absolute atomic E-state index is 0.107. The maximum atomic E-state index is 12.2. The number of carbonyl (C=O) groups is 1. The van der Waals surface area contributed by atoms with Crippen LogP contribution in [0.4, 0.5) is 4.79 Å². The van der Waals surface area contributed by atoms with Gasteiger partial charge in [0.1, 0.15) is 0 Å². The highest BCUT2D eigenvalue weighted by molar-refractivity contribution is 5.74. The van der Waals surface area contributed by atoms with Gasteiger partial charge in [-0.2, -0.15) is 0 Å². The van der Waals surface area contributed by atoms with Crippen LogP contribution in [0, 0.1) is 0 Å². The summed E-state index contributed by atoms with van der Waals surface area (Å²) in [5.74, 6) is 0. The number of nitrogens with zero attached hydrogens (tertiary/aromatic N) is 1. The van der Waals surface area contributed by atoms with Crippen LogP contribution in [0.5, 0.6) is 0 Å². The SMILES string of the molecule is CCc1ccc(C(CO)NC(=O)NC2CCC(N(C)C)C2)cc1. The van der Waals surface area contributed by atoms with E-state index in [9.17, 15) is 9.90 Å². The first kappa shape index (κ1) is 17.8. The van der Waals surface area contributed by atoms with Crippen molar-refractivity contribution in [2.24, 2.45) is 0 Å². The summed E-state index contributed by atoms with van der Waals surface area (Å²) < 4.78 is 0. The quantitative estimate of drug-likeness (QED) is 0.752. The van der Waals surface area contributed by atoms with Gasteiger partial charge in [-0.1, -0.05) is 31.2 Å². The number of benzene rings is 1. The third kappa shape index (κ3) is 4.94. The Hall–Kier alpha value is -1.59. The number of aliphatic hydroxyl groups excluding tert-OH is 1. The predicted octanol–water partition coefficient (Wildman–Crippen LogP) is 2.06. The number of hydrogen-bond donors (Lipinski definition) is 3. The van der Waals surface area contributed by atoms with Gasteiger partial charge < -0.3 is 20.6 Å². The molecule has 0 aromatic heterocycles. The molecule has 3 unspecified atom stereocenters. The molecule has 1 aromatic rings. The number of amides is 2. The topological polar surface area (TPSA) is 64.6 Å². The van der Waals surface area contributed by atoms with Gasteiger partial charge in [-0.3, -0.25) is 0 Å². The lowest BCUT2D eigenvalue weighted by Crippen LogP contribution is -2.44. The summed E-state index contributed by atoms with van der Waals surface area (Å²) in [5, 5.41) is 15.5. The van der Waals surface area contributed by atoms with Crippen molar-refractivity contribution in [2.75, 3.05) is 20.7 Å². The molecule has 23 heavy (non-hydrogen) atoms. The Bertz CT molecular complexity index is 501. The minimum Gasteiger partial charge on any atom is -0.394 e. The van der Waals surface area contributed by atoms with Crippen LogP contribution in [0.1, 0.15) is 43.4 Å². The standard InChI is InChI=1S/C18H29N3O2/c1-4-13-5-7-14(8-6-13)17(12-22)20-18(23)19-15-9-10-16(11-15)21(2)3/h5-8,15-17,22H,4,9-12H2,1-3H3,(H2,19,20,23). The maximum Gasteiger partial charge on any atom is 0.315 e. The van der Waals surface area contributed by atoms with E-state index >= 15 is 0 Å². The molecule has 5 nitrogen and oxygen atoms in total. The first-order valence-electron chi connectivity index (χ1n) is 8.46. The molecule has 1 aliphatic rings. The molecule has 3 N–H and O–H groups in total. The first-order valence-corrected chi connectivity index (χ1v) is 8.46. The van der Waals surface area contributed by atoms with Crippen molar-refractivity contribution >= 4 is 6.03 Å². The van der Waals surface area contributed by atoms with Gasteiger partial charge in [0.25, 0.3) is 0 Å². The highest BCUT2D eigenvalue weighted by atomic mass is 16.3. The number of aliphatic hydroxyl groups is 1. The fourth-order valence-corrected chi connectivity index (χ4v) is 3.16. The van der Waals surface area contributed by atoms with Crippen molar-refractivity contribution in [3.63, 3.8) is 0 Å². The second kappa shape index (κ2) is 8.31. The summed E-state index contributed by atoms with van der Waals surface area (Å²) in [7, 11) is 4.16. The van der Waals surface area contributed by atoms with E-state index in [1.54, 1.807) is 0 Å². The van der Waals surface area contributed by atoms with Crippen LogP contribution in [-0.4, -0.2) is 48.8 Å². The third-order valence-electron chi connectivity index (χ3n) is 4.75. The number of aryl methyl sites for hydroxylation is 1. The summed E-state index contributed by atoms with van der Waals surface area (Å²) in [5.41, 5.74) is 2.17. The van der Waals surface area contributed by atoms with E-state index in [4.69, 9.17) is 0 Å². The van der Waals surface area contributed by atoms with E-state index in [1.165, 1.54) is 5.56 Å². The van der Waals surface area contributed by atoms with E-state index in [2.05, 4.69) is 36.6 Å². The molecule has 0 spiro atoms. The van der Waals surface area contributed by atoms with E-state index in [0.717, 1.165) is 31.2 Å². The molecule has 1 fully saturated rings. The van der Waals surface area contributed by atoms with Crippen molar-refractivity contribution in [3.8, 4) is 0 Å². The molecular formula is C18H29N3O2. The molecule has 1 saturated carbocycles. The Morgan fingerprint density at radius 2 is 2.00 bits per heavy atom. The van der Waals surface area contributed by atoms with Crippen LogP contribution in [0.3, 0.4) is 0 Å². The lowest BCUT2D eigenvalue weighted by Gasteiger charge is -2.21. The largest absolute Gasteiger partial charge is 0.394 e. The summed E-state index contributed by atoms with van der Waals surface area (Å²) in [6, 6.07) is 8.20. The Morgan fingerprint density at radius 3 is 2.52 bits per heavy atom. The second-order valence-electron chi connectivity index (χ2n) is 6.58. The van der Waals surface area contributed by atoms with E-state index < -0.39 is 0 Å². The van der Waals surface area contributed by atoms with Crippen LogP contribution >= 0.6 is 0 Å². The number of rotatable bonds is 6. The molecule has 3 atom stereocenters. The van der Waals surface area contributed by atoms with Crippen molar-refractivity contribution < 1.29 is 9.90 Å². The van der Waals surface area contributed by atoms with Crippen LogP contribution in [0.25, 0.3) is 0 Å². The van der Waals surface area contributed by atoms with E-state index in [1.807, 2.05) is 24.3 Å². The van der Waals surface area contributed by atoms with Gasteiger partial charge in [-0.25, -0.2) is 4.79 Å². The molecule has 0 aliphatic heterocycles. The van der Waals surface area contributed by atoms with Crippen molar-refractivity contribution in [1.82, 2.24) is 15.5 Å². The lowest BCUT2D eigenvalue weighted by atomic mass is 10.0. The molecule has 1 aliphatic carbocycles. The lowest BCUT2D eigenvalue weighted by molar-refractivity contribution is 0.213. The third-order valence-corrected chi connectivity index (χ3v) is 4.75. The smallest absolute Gasteiger partial charge is 0.315 e. The van der Waals surface area contributed by atoms with Gasteiger partial charge in [-0.15, -0.1) is 0 Å². The van der Waals surface area contributed by atoms with Crippen molar-refractivity contribution in [1.29, 1.82) is 0 Å². The van der Waals surface area contributed by atoms with Crippen LogP contribution in [0.2, 0.25) is 0 Å². The first-order chi connectivity index (χ1) is 11.0. The summed E-state index contributed by atoms with van der Waals surface area (Å²) in [4.78, 5) is 14.4. The predicted molar refractivity (Wildman–Crippen MR) is 92.4 cm³/mol. The Labute approximate surface area is 139 Å². The number of urea groups is 1. The maximum absolute atomic E-state index is 12.2. The summed E-state index contributed by atoms with van der Waals surface area (Å²) in [6.45, 7) is 2.00. The number of nitrogens with one attached hydrogen (secondary N) is 2. The average molecular weight is 319 g/mol. The molecule has 2 rings (SSSR count). The molecule has 0 bridgehead atoms. The molecule has 128 valence electrons. The monoisotopic (exact) mass is 319 g/mol. The van der Waals surface area contributed by atoms with Gasteiger partial charge >= 0.3 is 6.03 Å². The van der Waals surface area contributed by atoms with Crippen molar-refractivity contribution in [3.05, 3.63) is 35.4 Å². The van der Waals surface area contributed by atoms with Gasteiger partial charge in [0.05, 0.1) is 12.6 Å². The zero-order valence-electron chi connectivity index (χ0n) is 14.4. The van der Waals surface area contributed by atoms with Crippen LogP contribution < -0.4 is 10.6 Å². The zero-order chi connectivity index (χ0) is 16.8. The molecule has 2 amide bonds. The minimum atomic E-state index is -0.369. The van der Waals surface area contributed by atoms with E-state index in [0.29, 0.717) is 6.04 Å². The fraction of sp³-hybridized carbons (Fsp3) is 0.611. The van der Waals surface area contributed by atoms with Crippen molar-refractivity contribution in [2.45, 2.75) is 50.7 Å². The Balaban J connectivity index is 1.87. The molecule has 0 radical (unpaired) electrons. The van der Waals surface area contributed by atoms with Crippen LogP contribution in [-0.2, 0) is 6.42 Å². The average Bonchev–Trinajstić information content (AvgIpc) is 3.01. The van der Waals surface area contributed by atoms with Gasteiger partial charge in [0, 0.05) is 12.1 Å². The fourth-order valence-electron chi connectivity index (χ4n) is 3.16. The number of hydrogen-bond acceptors (Lipinski definition) is 3. The van der Waals surface area contributed by atoms with Gasteiger partial charge in [-0.05, 0) is 50.9 Å². The molecular weight excluding hydrogens is 290 g/mol. The number of carbonyl (C=O) groups excluding carboxylic acids is 1. The molecule has 5 heteroatoms. The normalized spacial score (nSPS) is 22.1. The zero-order valence-corrected chi connectivity index (χ0v) is 14.4. The second-order valence-corrected chi connectivity index (χ2v) is 6.58. The van der Waals surface area contributed by atoms with Gasteiger partial charge in [0.2, 0.25) is 0 Å². The Kier molecular flexibility index (Phi) is 6.42. The molecule has 0 heterocycles. The molecule has 1 aromatic carbocycles. The summed E-state index contributed by atoms with van der Waals surface area (Å²) >= 11 is 0. The highest BCUT2D eigenvalue weighted by Crippen LogP contribution is 2.22. The van der Waals surface area contributed by atoms with Gasteiger partial charge in [0.15, 0.2) is 0 Å². The summed E-state index contributed by atoms with van der Waals surface area (Å²) in [6.07, 6.45) is 4.08. The van der Waals surface area contributed by atoms with E-state index in [-0.39, 0.29) is 24.7 Å². The Morgan fingerprint density at radius 1 is 1.30 bits per heavy atom.